The molecule has 2 aromatic carbocycles. The van der Waals surface area contributed by atoms with Gasteiger partial charge in [-0.2, -0.15) is 0 Å². The van der Waals surface area contributed by atoms with Gasteiger partial charge in [-0.1, -0.05) is 36.4 Å². The van der Waals surface area contributed by atoms with Gasteiger partial charge >= 0.3 is 0 Å². The molecule has 26 heavy (non-hydrogen) atoms. The summed E-state index contributed by atoms with van der Waals surface area (Å²) >= 11 is 0. The van der Waals surface area contributed by atoms with Crippen LogP contribution in [0.25, 0.3) is 12.2 Å². The van der Waals surface area contributed by atoms with Gasteiger partial charge in [-0.25, -0.2) is 0 Å². The summed E-state index contributed by atoms with van der Waals surface area (Å²) in [5.74, 6) is -0.128. The van der Waals surface area contributed by atoms with E-state index in [0.29, 0.717) is 11.1 Å². The Kier molecular flexibility index (Phi) is 6.73. The summed E-state index contributed by atoms with van der Waals surface area (Å²) in [4.78, 5) is 23.9. The van der Waals surface area contributed by atoms with Crippen molar-refractivity contribution in [3.8, 4) is 0 Å². The minimum atomic E-state index is -0.0641. The van der Waals surface area contributed by atoms with Crippen molar-refractivity contribution in [2.24, 2.45) is 0 Å². The minimum Gasteiger partial charge on any atom is -0.350 e. The summed E-state index contributed by atoms with van der Waals surface area (Å²) in [6.07, 6.45) is 3.96. The highest BCUT2D eigenvalue weighted by molar-refractivity contribution is 5.95. The van der Waals surface area contributed by atoms with Crippen molar-refractivity contribution >= 4 is 24.0 Å². The molecule has 2 aromatic rings. The smallest absolute Gasteiger partial charge is 0.251 e. The molecule has 0 heterocycles. The molecule has 0 saturated heterocycles. The maximum absolute atomic E-state index is 11.9. The lowest BCUT2D eigenvalue weighted by Crippen LogP contribution is -2.29. The van der Waals surface area contributed by atoms with E-state index in [1.165, 1.54) is 0 Å². The van der Waals surface area contributed by atoms with Gasteiger partial charge < -0.3 is 10.6 Å². The van der Waals surface area contributed by atoms with Crippen LogP contribution in [0.2, 0.25) is 0 Å². The van der Waals surface area contributed by atoms with E-state index in [2.05, 4.69) is 10.6 Å². The molecule has 136 valence electrons. The SMILES string of the molecule is CC(C)NC(=O)c1ccc(C=Cc2ccc(C(=O)NC(C)C)cc2)cc1. The fraction of sp³-hybridized carbons (Fsp3) is 0.273. The van der Waals surface area contributed by atoms with E-state index in [1.807, 2.05) is 88.4 Å². The summed E-state index contributed by atoms with van der Waals surface area (Å²) in [6, 6.07) is 15.2. The van der Waals surface area contributed by atoms with Crippen LogP contribution in [-0.4, -0.2) is 23.9 Å². The maximum atomic E-state index is 11.9. The number of carbonyl (C=O) groups is 2. The largest absolute Gasteiger partial charge is 0.350 e. The first-order valence-corrected chi connectivity index (χ1v) is 8.85. The molecule has 0 aliphatic heterocycles. The topological polar surface area (TPSA) is 58.2 Å². The van der Waals surface area contributed by atoms with Crippen molar-refractivity contribution in [2.75, 3.05) is 0 Å². The highest BCUT2D eigenvalue weighted by atomic mass is 16.2. The zero-order valence-electron chi connectivity index (χ0n) is 15.7. The molecule has 0 fully saturated rings. The van der Waals surface area contributed by atoms with Crippen LogP contribution in [0, 0.1) is 0 Å². The molecule has 2 N–H and O–H groups in total. The first-order chi connectivity index (χ1) is 12.3. The van der Waals surface area contributed by atoms with E-state index in [0.717, 1.165) is 11.1 Å². The molecule has 0 aliphatic rings. The second-order valence-electron chi connectivity index (χ2n) is 6.83. The van der Waals surface area contributed by atoms with Gasteiger partial charge in [0.25, 0.3) is 11.8 Å². The molecule has 0 saturated carbocycles. The second kappa shape index (κ2) is 8.99. The molecular weight excluding hydrogens is 324 g/mol. The summed E-state index contributed by atoms with van der Waals surface area (Å²) in [5.41, 5.74) is 3.31. The Hall–Kier alpha value is -2.88. The van der Waals surface area contributed by atoms with E-state index in [1.54, 1.807) is 0 Å². The second-order valence-corrected chi connectivity index (χ2v) is 6.83. The van der Waals surface area contributed by atoms with Crippen LogP contribution in [0.4, 0.5) is 0 Å². The average Bonchev–Trinajstić information content (AvgIpc) is 2.59. The normalized spacial score (nSPS) is 11.2. The van der Waals surface area contributed by atoms with Gasteiger partial charge in [0.15, 0.2) is 0 Å². The maximum Gasteiger partial charge on any atom is 0.251 e. The standard InChI is InChI=1S/C22H26N2O2/c1-15(2)23-21(25)19-11-7-17(8-12-19)5-6-18-9-13-20(14-10-18)22(26)24-16(3)4/h5-16H,1-4H3,(H,23,25)(H,24,26). The van der Waals surface area contributed by atoms with Crippen LogP contribution in [0.5, 0.6) is 0 Å². The van der Waals surface area contributed by atoms with Crippen molar-refractivity contribution in [3.05, 3.63) is 70.8 Å². The number of benzene rings is 2. The molecule has 0 spiro atoms. The molecular formula is C22H26N2O2. The molecule has 4 nitrogen and oxygen atoms in total. The fourth-order valence-corrected chi connectivity index (χ4v) is 2.37. The molecule has 2 amide bonds. The molecule has 0 radical (unpaired) electrons. The van der Waals surface area contributed by atoms with Gasteiger partial charge in [0.1, 0.15) is 0 Å². The zero-order chi connectivity index (χ0) is 19.1. The van der Waals surface area contributed by atoms with Gasteiger partial charge in [0.05, 0.1) is 0 Å². The van der Waals surface area contributed by atoms with Crippen molar-refractivity contribution in [3.63, 3.8) is 0 Å². The molecule has 0 aliphatic carbocycles. The lowest BCUT2D eigenvalue weighted by molar-refractivity contribution is 0.0934. The molecule has 2 rings (SSSR count). The van der Waals surface area contributed by atoms with E-state index in [9.17, 15) is 9.59 Å². The number of carbonyl (C=O) groups excluding carboxylic acids is 2. The number of hydrogen-bond donors (Lipinski definition) is 2. The van der Waals surface area contributed by atoms with Crippen LogP contribution in [0.15, 0.2) is 48.5 Å². The third-order valence-corrected chi connectivity index (χ3v) is 3.65. The third kappa shape index (κ3) is 5.88. The first-order valence-electron chi connectivity index (χ1n) is 8.85. The van der Waals surface area contributed by atoms with Crippen molar-refractivity contribution in [2.45, 2.75) is 39.8 Å². The number of amides is 2. The first kappa shape index (κ1) is 19.4. The Morgan fingerprint density at radius 2 is 0.962 bits per heavy atom. The van der Waals surface area contributed by atoms with E-state index < -0.39 is 0 Å². The number of hydrogen-bond acceptors (Lipinski definition) is 2. The quantitative estimate of drug-likeness (QED) is 0.770. The van der Waals surface area contributed by atoms with Gasteiger partial charge in [-0.3, -0.25) is 9.59 Å². The molecule has 0 aromatic heterocycles. The number of rotatable bonds is 6. The predicted molar refractivity (Wildman–Crippen MR) is 107 cm³/mol. The molecule has 0 unspecified atom stereocenters. The van der Waals surface area contributed by atoms with Gasteiger partial charge in [0, 0.05) is 23.2 Å². The monoisotopic (exact) mass is 350 g/mol. The molecule has 0 atom stereocenters. The highest BCUT2D eigenvalue weighted by Gasteiger charge is 2.07. The summed E-state index contributed by atoms with van der Waals surface area (Å²) in [7, 11) is 0. The number of nitrogens with one attached hydrogen (secondary N) is 2. The fourth-order valence-electron chi connectivity index (χ4n) is 2.37. The Balaban J connectivity index is 2.01. The Morgan fingerprint density at radius 1 is 0.654 bits per heavy atom. The Bertz CT molecular complexity index is 705. The Morgan fingerprint density at radius 3 is 1.23 bits per heavy atom. The van der Waals surface area contributed by atoms with Crippen LogP contribution in [0.3, 0.4) is 0 Å². The highest BCUT2D eigenvalue weighted by Crippen LogP contribution is 2.11. The third-order valence-electron chi connectivity index (χ3n) is 3.65. The van der Waals surface area contributed by atoms with Gasteiger partial charge in [-0.15, -0.1) is 0 Å². The lowest BCUT2D eigenvalue weighted by atomic mass is 10.1. The zero-order valence-corrected chi connectivity index (χ0v) is 15.7. The van der Waals surface area contributed by atoms with E-state index >= 15 is 0 Å². The van der Waals surface area contributed by atoms with Crippen LogP contribution >= 0.6 is 0 Å². The van der Waals surface area contributed by atoms with Gasteiger partial charge in [0.2, 0.25) is 0 Å². The van der Waals surface area contributed by atoms with E-state index in [4.69, 9.17) is 0 Å². The van der Waals surface area contributed by atoms with Crippen molar-refractivity contribution < 1.29 is 9.59 Å². The molecule has 4 heteroatoms. The van der Waals surface area contributed by atoms with Crippen LogP contribution in [0.1, 0.15) is 59.5 Å². The van der Waals surface area contributed by atoms with Crippen LogP contribution < -0.4 is 10.6 Å². The molecule has 0 bridgehead atoms. The summed E-state index contributed by atoms with van der Waals surface area (Å²) in [6.45, 7) is 7.75. The average molecular weight is 350 g/mol. The minimum absolute atomic E-state index is 0.0641. The summed E-state index contributed by atoms with van der Waals surface area (Å²) in [5, 5.41) is 5.75. The summed E-state index contributed by atoms with van der Waals surface area (Å²) < 4.78 is 0. The van der Waals surface area contributed by atoms with Crippen LogP contribution in [-0.2, 0) is 0 Å². The van der Waals surface area contributed by atoms with E-state index in [-0.39, 0.29) is 23.9 Å². The predicted octanol–water partition coefficient (Wildman–Crippen LogP) is 4.13. The van der Waals surface area contributed by atoms with Gasteiger partial charge in [-0.05, 0) is 63.1 Å². The Labute approximate surface area is 155 Å². The van der Waals surface area contributed by atoms with Crippen molar-refractivity contribution in [1.82, 2.24) is 10.6 Å². The van der Waals surface area contributed by atoms with Crippen molar-refractivity contribution in [1.29, 1.82) is 0 Å². The lowest BCUT2D eigenvalue weighted by Gasteiger charge is -2.08.